The largest absolute Gasteiger partial charge is 0.340 e. The minimum Gasteiger partial charge on any atom is -0.340 e. The highest BCUT2D eigenvalue weighted by molar-refractivity contribution is 6.30. The first-order valence-electron chi connectivity index (χ1n) is 7.49. The third-order valence-corrected chi connectivity index (χ3v) is 4.16. The summed E-state index contributed by atoms with van der Waals surface area (Å²) >= 11 is 5.85. The summed E-state index contributed by atoms with van der Waals surface area (Å²) in [6.45, 7) is 0.355. The number of urea groups is 1. The number of aromatic nitrogens is 2. The van der Waals surface area contributed by atoms with Gasteiger partial charge in [0.2, 0.25) is 0 Å². The van der Waals surface area contributed by atoms with Crippen molar-refractivity contribution in [2.75, 3.05) is 0 Å². The fourth-order valence-electron chi connectivity index (χ4n) is 2.53. The van der Waals surface area contributed by atoms with E-state index in [0.717, 1.165) is 24.1 Å². The molecule has 1 aliphatic rings. The van der Waals surface area contributed by atoms with Gasteiger partial charge in [0.05, 0.1) is 29.6 Å². The molecule has 1 aliphatic carbocycles. The van der Waals surface area contributed by atoms with Crippen molar-refractivity contribution < 1.29 is 9.18 Å². The smallest absolute Gasteiger partial charge is 0.315 e. The quantitative estimate of drug-likeness (QED) is 0.881. The van der Waals surface area contributed by atoms with Gasteiger partial charge < -0.3 is 15.2 Å². The average molecular weight is 337 g/mol. The number of hydrogen-bond donors (Lipinski definition) is 2. The standard InChI is InChI=1S/C16H18ClFN4O/c1-22-8-12(20-9-22)7-19-16(23)21-15(10-2-3-10)11-4-5-14(18)13(17)6-11/h4-6,8-10,15H,2-3,7H2,1H3,(H2,19,21,23). The molecule has 1 unspecified atom stereocenters. The molecule has 0 bridgehead atoms. The number of imidazole rings is 1. The summed E-state index contributed by atoms with van der Waals surface area (Å²) in [7, 11) is 1.87. The number of nitrogens with one attached hydrogen (secondary N) is 2. The van der Waals surface area contributed by atoms with Crippen LogP contribution in [0.5, 0.6) is 0 Å². The van der Waals surface area contributed by atoms with E-state index in [0.29, 0.717) is 12.5 Å². The number of halogens is 2. The number of benzene rings is 1. The predicted octanol–water partition coefficient (Wildman–Crippen LogP) is 3.16. The molecule has 0 saturated heterocycles. The normalized spacial score (nSPS) is 15.3. The maximum Gasteiger partial charge on any atom is 0.315 e. The van der Waals surface area contributed by atoms with E-state index in [1.165, 1.54) is 6.07 Å². The van der Waals surface area contributed by atoms with E-state index in [4.69, 9.17) is 11.6 Å². The van der Waals surface area contributed by atoms with Gasteiger partial charge in [-0.3, -0.25) is 0 Å². The molecular formula is C16H18ClFN4O. The lowest BCUT2D eigenvalue weighted by Crippen LogP contribution is -2.38. The SMILES string of the molecule is Cn1cnc(CNC(=O)NC(c2ccc(F)c(Cl)c2)C2CC2)c1. The Bertz CT molecular complexity index is 714. The first-order chi connectivity index (χ1) is 11.0. The van der Waals surface area contributed by atoms with Crippen molar-refractivity contribution in [1.82, 2.24) is 20.2 Å². The Labute approximate surface area is 138 Å². The second-order valence-electron chi connectivity index (χ2n) is 5.85. The molecule has 1 aromatic carbocycles. The van der Waals surface area contributed by atoms with Crippen LogP contribution >= 0.6 is 11.6 Å². The molecule has 7 heteroatoms. The molecule has 2 N–H and O–H groups in total. The van der Waals surface area contributed by atoms with Crippen LogP contribution in [0.3, 0.4) is 0 Å². The van der Waals surface area contributed by atoms with Crippen molar-refractivity contribution in [1.29, 1.82) is 0 Å². The van der Waals surface area contributed by atoms with Gasteiger partial charge in [0, 0.05) is 13.2 Å². The van der Waals surface area contributed by atoms with Crippen LogP contribution in [0.15, 0.2) is 30.7 Å². The van der Waals surface area contributed by atoms with Crippen LogP contribution in [0.1, 0.15) is 30.1 Å². The number of amides is 2. The van der Waals surface area contributed by atoms with Crippen LogP contribution in [0.2, 0.25) is 5.02 Å². The number of nitrogens with zero attached hydrogens (tertiary/aromatic N) is 2. The van der Waals surface area contributed by atoms with Crippen molar-refractivity contribution in [3.8, 4) is 0 Å². The Balaban J connectivity index is 1.62. The van der Waals surface area contributed by atoms with Crippen molar-refractivity contribution >= 4 is 17.6 Å². The van der Waals surface area contributed by atoms with Gasteiger partial charge in [0.1, 0.15) is 5.82 Å². The maximum atomic E-state index is 13.3. The molecule has 23 heavy (non-hydrogen) atoms. The second kappa shape index (κ2) is 6.58. The van der Waals surface area contributed by atoms with Gasteiger partial charge in [0.15, 0.2) is 0 Å². The fraction of sp³-hybridized carbons (Fsp3) is 0.375. The first kappa shape index (κ1) is 15.8. The Morgan fingerprint density at radius 1 is 1.52 bits per heavy atom. The van der Waals surface area contributed by atoms with Crippen LogP contribution in [0.25, 0.3) is 0 Å². The lowest BCUT2D eigenvalue weighted by molar-refractivity contribution is 0.235. The second-order valence-corrected chi connectivity index (χ2v) is 6.25. The van der Waals surface area contributed by atoms with E-state index in [1.54, 1.807) is 18.5 Å². The highest BCUT2D eigenvalue weighted by Crippen LogP contribution is 2.41. The molecule has 2 aromatic rings. The molecule has 3 rings (SSSR count). The van der Waals surface area contributed by atoms with Crippen molar-refractivity contribution in [3.05, 3.63) is 52.8 Å². The monoisotopic (exact) mass is 336 g/mol. The Kier molecular flexibility index (Phi) is 4.52. The number of hydrogen-bond acceptors (Lipinski definition) is 2. The summed E-state index contributed by atoms with van der Waals surface area (Å²) < 4.78 is 15.1. The van der Waals surface area contributed by atoms with Gasteiger partial charge in [-0.15, -0.1) is 0 Å². The highest BCUT2D eigenvalue weighted by atomic mass is 35.5. The van der Waals surface area contributed by atoms with Gasteiger partial charge in [-0.25, -0.2) is 14.2 Å². The molecule has 0 spiro atoms. The summed E-state index contributed by atoms with van der Waals surface area (Å²) in [4.78, 5) is 16.3. The zero-order valence-electron chi connectivity index (χ0n) is 12.7. The summed E-state index contributed by atoms with van der Waals surface area (Å²) in [5.41, 5.74) is 1.61. The average Bonchev–Trinajstić information content (AvgIpc) is 3.28. The lowest BCUT2D eigenvalue weighted by atomic mass is 10.0. The Morgan fingerprint density at radius 2 is 2.30 bits per heavy atom. The minimum absolute atomic E-state index is 0.0730. The zero-order chi connectivity index (χ0) is 16.4. The van der Waals surface area contributed by atoms with Crippen LogP contribution in [0.4, 0.5) is 9.18 Å². The topological polar surface area (TPSA) is 59.0 Å². The molecule has 5 nitrogen and oxygen atoms in total. The van der Waals surface area contributed by atoms with Gasteiger partial charge in [0.25, 0.3) is 0 Å². The van der Waals surface area contributed by atoms with Gasteiger partial charge in [-0.1, -0.05) is 17.7 Å². The minimum atomic E-state index is -0.454. The molecule has 0 radical (unpaired) electrons. The number of aryl methyl sites for hydroxylation is 1. The number of carbonyl (C=O) groups excluding carboxylic acids is 1. The third-order valence-electron chi connectivity index (χ3n) is 3.87. The molecule has 1 saturated carbocycles. The van der Waals surface area contributed by atoms with Crippen LogP contribution in [0, 0.1) is 11.7 Å². The van der Waals surface area contributed by atoms with E-state index in [-0.39, 0.29) is 17.1 Å². The summed E-state index contributed by atoms with van der Waals surface area (Å²) in [5.74, 6) is -0.0818. The van der Waals surface area contributed by atoms with Crippen molar-refractivity contribution in [2.24, 2.45) is 13.0 Å². The molecule has 0 aliphatic heterocycles. The Hall–Kier alpha value is -2.08. The fourth-order valence-corrected chi connectivity index (χ4v) is 2.72. The number of carbonyl (C=O) groups is 1. The van der Waals surface area contributed by atoms with Crippen LogP contribution < -0.4 is 10.6 Å². The molecule has 1 heterocycles. The van der Waals surface area contributed by atoms with E-state index >= 15 is 0 Å². The Morgan fingerprint density at radius 3 is 2.91 bits per heavy atom. The maximum absolute atomic E-state index is 13.3. The summed E-state index contributed by atoms with van der Waals surface area (Å²) in [6, 6.07) is 4.16. The molecule has 122 valence electrons. The van der Waals surface area contributed by atoms with Crippen LogP contribution in [-0.4, -0.2) is 15.6 Å². The third kappa shape index (κ3) is 4.01. The van der Waals surface area contributed by atoms with Crippen molar-refractivity contribution in [2.45, 2.75) is 25.4 Å². The first-order valence-corrected chi connectivity index (χ1v) is 7.87. The van der Waals surface area contributed by atoms with Crippen molar-refractivity contribution in [3.63, 3.8) is 0 Å². The molecular weight excluding hydrogens is 319 g/mol. The lowest BCUT2D eigenvalue weighted by Gasteiger charge is -2.19. The van der Waals surface area contributed by atoms with Gasteiger partial charge >= 0.3 is 6.03 Å². The van der Waals surface area contributed by atoms with Crippen LogP contribution in [-0.2, 0) is 13.6 Å². The van der Waals surface area contributed by atoms with Gasteiger partial charge in [-0.2, -0.15) is 0 Å². The van der Waals surface area contributed by atoms with E-state index in [1.807, 2.05) is 17.8 Å². The van der Waals surface area contributed by atoms with Gasteiger partial charge in [-0.05, 0) is 36.5 Å². The zero-order valence-corrected chi connectivity index (χ0v) is 13.5. The summed E-state index contributed by atoms with van der Waals surface area (Å²) in [6.07, 6.45) is 5.61. The summed E-state index contributed by atoms with van der Waals surface area (Å²) in [5, 5.41) is 5.81. The molecule has 1 fully saturated rings. The molecule has 2 amide bonds. The van der Waals surface area contributed by atoms with E-state index < -0.39 is 5.82 Å². The molecule has 1 atom stereocenters. The molecule has 1 aromatic heterocycles. The predicted molar refractivity (Wildman–Crippen MR) is 85.5 cm³/mol. The number of rotatable bonds is 5. The van der Waals surface area contributed by atoms with E-state index in [2.05, 4.69) is 15.6 Å². The van der Waals surface area contributed by atoms with E-state index in [9.17, 15) is 9.18 Å². The highest BCUT2D eigenvalue weighted by Gasteiger charge is 2.33.